The minimum Gasteiger partial charge on any atom is -0.394 e. The SMILES string of the molecule is CO[C@@H]1O[C@H](CO)[C@@H](O)[C@H](C[C@@H]2O[C@@H]([C@H](O)CO)[C@H](O)[C@H]2O)[C@H]1O. The Bertz CT molecular complexity index is 380. The Labute approximate surface area is 138 Å². The second-order valence-corrected chi connectivity index (χ2v) is 6.21. The first-order valence-corrected chi connectivity index (χ1v) is 7.81. The number of ether oxygens (including phenoxy) is 3. The maximum atomic E-state index is 10.3. The Hall–Kier alpha value is -0.400. The van der Waals surface area contributed by atoms with E-state index in [9.17, 15) is 30.6 Å². The first-order chi connectivity index (χ1) is 11.3. The Morgan fingerprint density at radius 3 is 2.12 bits per heavy atom. The minimum absolute atomic E-state index is 0.0745. The molecule has 0 saturated carbocycles. The van der Waals surface area contributed by atoms with Gasteiger partial charge in [-0.05, 0) is 6.42 Å². The quantitative estimate of drug-likeness (QED) is 0.249. The van der Waals surface area contributed by atoms with Gasteiger partial charge in [0.1, 0.15) is 36.6 Å². The van der Waals surface area contributed by atoms with Crippen molar-refractivity contribution < 1.29 is 50.0 Å². The Morgan fingerprint density at radius 1 is 0.917 bits per heavy atom. The summed E-state index contributed by atoms with van der Waals surface area (Å²) >= 11 is 0. The molecule has 0 radical (unpaired) electrons. The normalized spacial score (nSPS) is 47.8. The van der Waals surface area contributed by atoms with Gasteiger partial charge in [-0.15, -0.1) is 0 Å². The van der Waals surface area contributed by atoms with E-state index in [1.54, 1.807) is 0 Å². The molecule has 142 valence electrons. The molecule has 10 atom stereocenters. The van der Waals surface area contributed by atoms with E-state index in [1.807, 2.05) is 0 Å². The second-order valence-electron chi connectivity index (χ2n) is 6.21. The average molecular weight is 354 g/mol. The summed E-state index contributed by atoms with van der Waals surface area (Å²) in [5, 5.41) is 68.4. The number of aliphatic hydroxyl groups is 7. The summed E-state index contributed by atoms with van der Waals surface area (Å²) < 4.78 is 15.6. The Balaban J connectivity index is 2.10. The monoisotopic (exact) mass is 354 g/mol. The Morgan fingerprint density at radius 2 is 1.58 bits per heavy atom. The van der Waals surface area contributed by atoms with Crippen LogP contribution in [-0.2, 0) is 14.2 Å². The third-order valence-corrected chi connectivity index (χ3v) is 4.73. The third kappa shape index (κ3) is 3.73. The molecule has 0 aromatic heterocycles. The fourth-order valence-corrected chi connectivity index (χ4v) is 3.30. The van der Waals surface area contributed by atoms with Crippen LogP contribution in [-0.4, -0.2) is 111 Å². The van der Waals surface area contributed by atoms with E-state index in [2.05, 4.69) is 0 Å². The van der Waals surface area contributed by atoms with Gasteiger partial charge >= 0.3 is 0 Å². The number of hydrogen-bond donors (Lipinski definition) is 7. The van der Waals surface area contributed by atoms with Crippen LogP contribution in [0.15, 0.2) is 0 Å². The lowest BCUT2D eigenvalue weighted by atomic mass is 9.83. The average Bonchev–Trinajstić information content (AvgIpc) is 2.86. The van der Waals surface area contributed by atoms with Gasteiger partial charge in [0.05, 0.1) is 25.4 Å². The summed E-state index contributed by atoms with van der Waals surface area (Å²) in [6, 6.07) is 0. The van der Waals surface area contributed by atoms with Gasteiger partial charge in [-0.3, -0.25) is 0 Å². The van der Waals surface area contributed by atoms with Gasteiger partial charge in [-0.2, -0.15) is 0 Å². The summed E-state index contributed by atoms with van der Waals surface area (Å²) in [5.74, 6) is -0.863. The zero-order valence-corrected chi connectivity index (χ0v) is 13.3. The van der Waals surface area contributed by atoms with E-state index < -0.39 is 74.3 Å². The van der Waals surface area contributed by atoms with Gasteiger partial charge in [0, 0.05) is 13.0 Å². The van der Waals surface area contributed by atoms with E-state index in [0.29, 0.717) is 0 Å². The summed E-state index contributed by atoms with van der Waals surface area (Å²) in [6.45, 7) is -1.14. The van der Waals surface area contributed by atoms with Crippen molar-refractivity contribution in [2.24, 2.45) is 5.92 Å². The summed E-state index contributed by atoms with van der Waals surface area (Å²) in [4.78, 5) is 0. The highest BCUT2D eigenvalue weighted by Gasteiger charge is 2.50. The molecule has 2 saturated heterocycles. The number of rotatable bonds is 6. The molecule has 7 N–H and O–H groups in total. The highest BCUT2D eigenvalue weighted by molar-refractivity contribution is 4.98. The van der Waals surface area contributed by atoms with Crippen LogP contribution < -0.4 is 0 Å². The molecule has 2 fully saturated rings. The molecule has 0 unspecified atom stereocenters. The largest absolute Gasteiger partial charge is 0.394 e. The number of methoxy groups -OCH3 is 1. The van der Waals surface area contributed by atoms with Crippen molar-refractivity contribution in [2.45, 2.75) is 61.5 Å². The number of hydrogen-bond acceptors (Lipinski definition) is 10. The van der Waals surface area contributed by atoms with Crippen LogP contribution >= 0.6 is 0 Å². The molecule has 2 rings (SSSR count). The van der Waals surface area contributed by atoms with E-state index in [4.69, 9.17) is 19.3 Å². The summed E-state index contributed by atoms with van der Waals surface area (Å²) in [6.07, 6.45) is -11.0. The van der Waals surface area contributed by atoms with Gasteiger partial charge < -0.3 is 50.0 Å². The predicted molar refractivity (Wildman–Crippen MR) is 76.6 cm³/mol. The molecule has 0 spiro atoms. The van der Waals surface area contributed by atoms with Crippen LogP contribution in [0, 0.1) is 5.92 Å². The molecular formula is C14H26O10. The molecule has 10 nitrogen and oxygen atoms in total. The van der Waals surface area contributed by atoms with Crippen LogP contribution in [0.5, 0.6) is 0 Å². The highest BCUT2D eigenvalue weighted by atomic mass is 16.7. The van der Waals surface area contributed by atoms with Gasteiger partial charge in [0.15, 0.2) is 6.29 Å². The van der Waals surface area contributed by atoms with Crippen molar-refractivity contribution in [1.82, 2.24) is 0 Å². The molecule has 2 heterocycles. The second kappa shape index (κ2) is 8.32. The molecule has 24 heavy (non-hydrogen) atoms. The van der Waals surface area contributed by atoms with Crippen molar-refractivity contribution in [1.29, 1.82) is 0 Å². The highest BCUT2D eigenvalue weighted by Crippen LogP contribution is 2.35. The Kier molecular flexibility index (Phi) is 6.90. The van der Waals surface area contributed by atoms with Crippen LogP contribution in [0.4, 0.5) is 0 Å². The molecule has 0 bridgehead atoms. The first-order valence-electron chi connectivity index (χ1n) is 7.81. The van der Waals surface area contributed by atoms with Crippen LogP contribution in [0.1, 0.15) is 6.42 Å². The molecular weight excluding hydrogens is 328 g/mol. The van der Waals surface area contributed by atoms with E-state index >= 15 is 0 Å². The third-order valence-electron chi connectivity index (χ3n) is 4.73. The summed E-state index contributed by atoms with van der Waals surface area (Å²) in [7, 11) is 1.30. The molecule has 0 aromatic rings. The fraction of sp³-hybridized carbons (Fsp3) is 1.00. The van der Waals surface area contributed by atoms with Gasteiger partial charge in [-0.1, -0.05) is 0 Å². The van der Waals surface area contributed by atoms with Crippen molar-refractivity contribution in [3.63, 3.8) is 0 Å². The van der Waals surface area contributed by atoms with Crippen molar-refractivity contribution >= 4 is 0 Å². The van der Waals surface area contributed by atoms with Crippen molar-refractivity contribution in [2.75, 3.05) is 20.3 Å². The maximum absolute atomic E-state index is 10.3. The number of aliphatic hydroxyl groups excluding tert-OH is 7. The molecule has 10 heteroatoms. The van der Waals surface area contributed by atoms with E-state index in [1.165, 1.54) is 7.11 Å². The van der Waals surface area contributed by atoms with E-state index in [-0.39, 0.29) is 6.42 Å². The molecule has 0 amide bonds. The molecule has 0 aliphatic carbocycles. The zero-order valence-electron chi connectivity index (χ0n) is 13.3. The van der Waals surface area contributed by atoms with Gasteiger partial charge in [0.25, 0.3) is 0 Å². The lowest BCUT2D eigenvalue weighted by Gasteiger charge is -2.42. The summed E-state index contributed by atoms with van der Waals surface area (Å²) in [5.41, 5.74) is 0. The standard InChI is InChI=1S/C14H26O10/c1-22-14-10(19)5(9(18)8(4-16)24-14)2-7-11(20)12(21)13(23-7)6(17)3-15/h5-21H,2-4H2,1H3/t5-,6+,7-,8+,9-,10+,11-,12+,13-,14+/m0/s1. The van der Waals surface area contributed by atoms with Crippen molar-refractivity contribution in [3.8, 4) is 0 Å². The van der Waals surface area contributed by atoms with E-state index in [0.717, 1.165) is 0 Å². The van der Waals surface area contributed by atoms with Crippen LogP contribution in [0.25, 0.3) is 0 Å². The van der Waals surface area contributed by atoms with Crippen LogP contribution in [0.3, 0.4) is 0 Å². The lowest BCUT2D eigenvalue weighted by Crippen LogP contribution is -2.57. The minimum atomic E-state index is -1.42. The zero-order chi connectivity index (χ0) is 18.0. The maximum Gasteiger partial charge on any atom is 0.184 e. The van der Waals surface area contributed by atoms with Gasteiger partial charge in [0.2, 0.25) is 0 Å². The smallest absolute Gasteiger partial charge is 0.184 e. The molecule has 0 aromatic carbocycles. The first kappa shape index (κ1) is 19.9. The van der Waals surface area contributed by atoms with Crippen molar-refractivity contribution in [3.05, 3.63) is 0 Å². The molecule has 2 aliphatic heterocycles. The lowest BCUT2D eigenvalue weighted by molar-refractivity contribution is -0.286. The van der Waals surface area contributed by atoms with Crippen LogP contribution in [0.2, 0.25) is 0 Å². The fourth-order valence-electron chi connectivity index (χ4n) is 3.30. The topological polar surface area (TPSA) is 169 Å². The van der Waals surface area contributed by atoms with Gasteiger partial charge in [-0.25, -0.2) is 0 Å². The predicted octanol–water partition coefficient (Wildman–Crippen LogP) is -4.08. The molecule has 2 aliphatic rings.